The molecule has 0 saturated heterocycles. The fourth-order valence-electron chi connectivity index (χ4n) is 1.98. The molecule has 0 bridgehead atoms. The molecule has 0 aromatic heterocycles. The van der Waals surface area contributed by atoms with E-state index in [1.54, 1.807) is 0 Å². The van der Waals surface area contributed by atoms with Gasteiger partial charge in [-0.3, -0.25) is 9.79 Å². The van der Waals surface area contributed by atoms with Gasteiger partial charge < -0.3 is 4.74 Å². The van der Waals surface area contributed by atoms with Crippen molar-refractivity contribution in [3.05, 3.63) is 0 Å². The lowest BCUT2D eigenvalue weighted by molar-refractivity contribution is -0.145. The summed E-state index contributed by atoms with van der Waals surface area (Å²) in [7, 11) is 0. The third-order valence-electron chi connectivity index (χ3n) is 2.92. The van der Waals surface area contributed by atoms with Gasteiger partial charge in [-0.05, 0) is 38.5 Å². The van der Waals surface area contributed by atoms with Crippen molar-refractivity contribution in [2.45, 2.75) is 46.5 Å². The van der Waals surface area contributed by atoms with Crippen molar-refractivity contribution in [2.24, 2.45) is 16.8 Å². The van der Waals surface area contributed by atoms with Gasteiger partial charge in [-0.1, -0.05) is 13.8 Å². The van der Waals surface area contributed by atoms with Crippen molar-refractivity contribution in [2.75, 3.05) is 13.2 Å². The maximum Gasteiger partial charge on any atom is 0.314 e. The zero-order chi connectivity index (χ0) is 12.0. The predicted molar refractivity (Wildman–Crippen MR) is 65.7 cm³/mol. The third-order valence-corrected chi connectivity index (χ3v) is 2.92. The summed E-state index contributed by atoms with van der Waals surface area (Å²) in [5, 5.41) is 0. The summed E-state index contributed by atoms with van der Waals surface area (Å²) in [6, 6.07) is 0. The van der Waals surface area contributed by atoms with Crippen molar-refractivity contribution in [3.8, 4) is 0 Å². The number of esters is 1. The van der Waals surface area contributed by atoms with Gasteiger partial charge in [0.25, 0.3) is 0 Å². The largest absolute Gasteiger partial charge is 0.465 e. The first kappa shape index (κ1) is 13.2. The Morgan fingerprint density at radius 1 is 1.56 bits per heavy atom. The molecule has 16 heavy (non-hydrogen) atoms. The second kappa shape index (κ2) is 6.66. The molecular formula is C13H23NO2. The van der Waals surface area contributed by atoms with E-state index in [4.69, 9.17) is 4.74 Å². The molecule has 0 spiro atoms. The smallest absolute Gasteiger partial charge is 0.314 e. The van der Waals surface area contributed by atoms with Gasteiger partial charge in [0.1, 0.15) is 0 Å². The number of hydrogen-bond acceptors (Lipinski definition) is 3. The van der Waals surface area contributed by atoms with E-state index < -0.39 is 0 Å². The molecule has 0 aromatic rings. The van der Waals surface area contributed by atoms with Gasteiger partial charge in [0, 0.05) is 12.3 Å². The van der Waals surface area contributed by atoms with Crippen LogP contribution in [0.25, 0.3) is 0 Å². The van der Waals surface area contributed by atoms with E-state index in [1.165, 1.54) is 0 Å². The van der Waals surface area contributed by atoms with Gasteiger partial charge >= 0.3 is 5.97 Å². The lowest BCUT2D eigenvalue weighted by Gasteiger charge is -2.10. The van der Waals surface area contributed by atoms with Crippen LogP contribution in [0.4, 0.5) is 0 Å². The Labute approximate surface area is 98.3 Å². The molecule has 1 unspecified atom stereocenters. The Morgan fingerprint density at radius 3 is 2.94 bits per heavy atom. The summed E-state index contributed by atoms with van der Waals surface area (Å²) in [5.74, 6) is 0.544. The maximum atomic E-state index is 11.6. The zero-order valence-electron chi connectivity index (χ0n) is 10.7. The molecule has 1 aliphatic carbocycles. The van der Waals surface area contributed by atoms with Crippen LogP contribution in [0, 0.1) is 11.8 Å². The van der Waals surface area contributed by atoms with Crippen LogP contribution in [0.2, 0.25) is 0 Å². The summed E-state index contributed by atoms with van der Waals surface area (Å²) >= 11 is 0. The molecule has 1 atom stereocenters. The lowest BCUT2D eigenvalue weighted by Crippen LogP contribution is -2.21. The molecule has 0 aromatic carbocycles. The first-order chi connectivity index (χ1) is 7.65. The fraction of sp³-hybridized carbons (Fsp3) is 0.846. The third kappa shape index (κ3) is 3.95. The number of aliphatic imine (C=N–C) groups is 1. The number of hydrogen-bond donors (Lipinski definition) is 0. The van der Waals surface area contributed by atoms with Crippen LogP contribution < -0.4 is 0 Å². The zero-order valence-corrected chi connectivity index (χ0v) is 10.7. The molecule has 1 fully saturated rings. The molecule has 1 rings (SSSR count). The van der Waals surface area contributed by atoms with E-state index in [2.05, 4.69) is 18.8 Å². The molecule has 1 aliphatic rings. The quantitative estimate of drug-likeness (QED) is 0.675. The lowest BCUT2D eigenvalue weighted by atomic mass is 10.1. The second-order valence-electron chi connectivity index (χ2n) is 4.75. The minimum Gasteiger partial charge on any atom is -0.465 e. The van der Waals surface area contributed by atoms with E-state index >= 15 is 0 Å². The molecule has 1 saturated carbocycles. The van der Waals surface area contributed by atoms with E-state index in [0.29, 0.717) is 12.5 Å². The van der Waals surface area contributed by atoms with Gasteiger partial charge in [-0.25, -0.2) is 0 Å². The molecular weight excluding hydrogens is 202 g/mol. The van der Waals surface area contributed by atoms with Crippen LogP contribution in [0.3, 0.4) is 0 Å². The van der Waals surface area contributed by atoms with Gasteiger partial charge in [0.05, 0.1) is 12.5 Å². The Balaban J connectivity index is 2.48. The van der Waals surface area contributed by atoms with Crippen molar-refractivity contribution in [1.29, 1.82) is 0 Å². The fourth-order valence-corrected chi connectivity index (χ4v) is 1.98. The molecule has 0 aliphatic heterocycles. The Bertz CT molecular complexity index is 259. The first-order valence-electron chi connectivity index (χ1n) is 6.35. The van der Waals surface area contributed by atoms with Crippen LogP contribution in [0.15, 0.2) is 4.99 Å². The van der Waals surface area contributed by atoms with Crippen LogP contribution in [-0.2, 0) is 9.53 Å². The number of carbonyl (C=O) groups excluding carboxylic acids is 1. The van der Waals surface area contributed by atoms with E-state index in [-0.39, 0.29) is 11.9 Å². The monoisotopic (exact) mass is 225 g/mol. The average molecular weight is 225 g/mol. The number of nitrogens with zero attached hydrogens (tertiary/aromatic N) is 1. The molecule has 0 heterocycles. The van der Waals surface area contributed by atoms with Crippen molar-refractivity contribution < 1.29 is 9.53 Å². The van der Waals surface area contributed by atoms with Gasteiger partial charge in [-0.15, -0.1) is 0 Å². The Morgan fingerprint density at radius 2 is 2.31 bits per heavy atom. The maximum absolute atomic E-state index is 11.6. The standard InChI is InChI=1S/C13H23NO2/c1-4-16-13(15)11-6-5-7-12(11)14-9-8-10(2)3/h10-11H,4-9H2,1-3H3. The Hall–Kier alpha value is -0.860. The molecule has 3 heteroatoms. The number of ether oxygens (including phenoxy) is 1. The van der Waals surface area contributed by atoms with Gasteiger partial charge in [0.2, 0.25) is 0 Å². The van der Waals surface area contributed by atoms with Crippen molar-refractivity contribution in [1.82, 2.24) is 0 Å². The Kier molecular flexibility index (Phi) is 5.50. The highest BCUT2D eigenvalue weighted by Crippen LogP contribution is 2.24. The van der Waals surface area contributed by atoms with Crippen molar-refractivity contribution in [3.63, 3.8) is 0 Å². The predicted octanol–water partition coefficient (Wildman–Crippen LogP) is 2.84. The molecule has 3 nitrogen and oxygen atoms in total. The summed E-state index contributed by atoms with van der Waals surface area (Å²) < 4.78 is 5.06. The van der Waals surface area contributed by atoms with Crippen LogP contribution in [0.1, 0.15) is 46.5 Å². The number of rotatable bonds is 5. The topological polar surface area (TPSA) is 38.7 Å². The average Bonchev–Trinajstić information content (AvgIpc) is 2.66. The summed E-state index contributed by atoms with van der Waals surface area (Å²) in [6.07, 6.45) is 4.06. The van der Waals surface area contributed by atoms with Crippen LogP contribution in [-0.4, -0.2) is 24.8 Å². The minimum absolute atomic E-state index is 0.0490. The van der Waals surface area contributed by atoms with Crippen LogP contribution >= 0.6 is 0 Å². The minimum atomic E-state index is -0.0803. The molecule has 0 radical (unpaired) electrons. The van der Waals surface area contributed by atoms with Gasteiger partial charge in [0.15, 0.2) is 0 Å². The number of carbonyl (C=O) groups is 1. The van der Waals surface area contributed by atoms with E-state index in [1.807, 2.05) is 6.92 Å². The highest BCUT2D eigenvalue weighted by Gasteiger charge is 2.29. The van der Waals surface area contributed by atoms with Crippen molar-refractivity contribution >= 4 is 11.7 Å². The SMILES string of the molecule is CCOC(=O)C1CCCC1=NCCC(C)C. The van der Waals surface area contributed by atoms with Crippen LogP contribution in [0.5, 0.6) is 0 Å². The summed E-state index contributed by atoms with van der Waals surface area (Å²) in [4.78, 5) is 16.2. The normalized spacial score (nSPS) is 23.0. The van der Waals surface area contributed by atoms with E-state index in [0.717, 1.165) is 37.9 Å². The van der Waals surface area contributed by atoms with E-state index in [9.17, 15) is 4.79 Å². The first-order valence-corrected chi connectivity index (χ1v) is 6.35. The highest BCUT2D eigenvalue weighted by molar-refractivity contribution is 6.03. The highest BCUT2D eigenvalue weighted by atomic mass is 16.5. The molecule has 92 valence electrons. The van der Waals surface area contributed by atoms with Gasteiger partial charge in [-0.2, -0.15) is 0 Å². The molecule has 0 amide bonds. The second-order valence-corrected chi connectivity index (χ2v) is 4.75. The molecule has 0 N–H and O–H groups in total. The summed E-state index contributed by atoms with van der Waals surface area (Å²) in [5.41, 5.74) is 1.07. The summed E-state index contributed by atoms with van der Waals surface area (Å²) in [6.45, 7) is 7.55.